The van der Waals surface area contributed by atoms with Gasteiger partial charge in [-0.05, 0) is 0 Å². The first-order valence-electron chi connectivity index (χ1n) is 15.0. The van der Waals surface area contributed by atoms with E-state index in [9.17, 15) is 27.9 Å². The zero-order chi connectivity index (χ0) is 37.2. The average Bonchev–Trinajstić information content (AvgIpc) is 3.13. The summed E-state index contributed by atoms with van der Waals surface area (Å²) in [5.41, 5.74) is 1.67. The van der Waals surface area contributed by atoms with Crippen LogP contribution in [0, 0.1) is 0 Å². The molecule has 0 aliphatic heterocycles. The Bertz CT molecular complexity index is 1690. The molecule has 0 saturated heterocycles. The summed E-state index contributed by atoms with van der Waals surface area (Å²) in [4.78, 5) is 24.4. The predicted octanol–water partition coefficient (Wildman–Crippen LogP) is 4.62. The molecule has 0 unspecified atom stereocenters. The molecule has 0 aromatic heterocycles. The number of carbonyl (C=O) groups is 2. The van der Waals surface area contributed by atoms with Crippen molar-refractivity contribution in [3.63, 3.8) is 0 Å². The molecule has 0 heterocycles. The van der Waals surface area contributed by atoms with Crippen LogP contribution >= 0.6 is 0 Å². The van der Waals surface area contributed by atoms with Gasteiger partial charge in [0.2, 0.25) is 0 Å². The van der Waals surface area contributed by atoms with E-state index in [-0.39, 0.29) is 72.1 Å². The van der Waals surface area contributed by atoms with Gasteiger partial charge in [-0.1, -0.05) is 0 Å². The molecule has 51 heavy (non-hydrogen) atoms. The van der Waals surface area contributed by atoms with Gasteiger partial charge < -0.3 is 0 Å². The van der Waals surface area contributed by atoms with E-state index in [4.69, 9.17) is 33.2 Å². The van der Waals surface area contributed by atoms with Gasteiger partial charge in [-0.15, -0.1) is 0 Å². The van der Waals surface area contributed by atoms with Gasteiger partial charge in [0.05, 0.1) is 0 Å². The Morgan fingerprint density at radius 1 is 0.647 bits per heavy atom. The third kappa shape index (κ3) is 13.8. The Morgan fingerprint density at radius 3 is 1.53 bits per heavy atom. The van der Waals surface area contributed by atoms with Crippen LogP contribution in [-0.2, 0) is 29.6 Å². The number of benzene rings is 4. The van der Waals surface area contributed by atoms with Gasteiger partial charge >= 0.3 is 307 Å². The first kappa shape index (κ1) is 41.2. The predicted molar refractivity (Wildman–Crippen MR) is 185 cm³/mol. The normalized spacial score (nSPS) is 10.8. The molecule has 0 spiro atoms. The fourth-order valence-electron chi connectivity index (χ4n) is 4.27. The molecule has 0 amide bonds. The molecule has 0 radical (unpaired) electrons. The molecule has 0 aliphatic carbocycles. The topological polar surface area (TPSA) is 119 Å². The number of phenols is 1. The van der Waals surface area contributed by atoms with Crippen LogP contribution in [0.4, 0.5) is 13.2 Å². The number of aromatic hydroxyl groups is 1. The molecule has 4 rings (SSSR count). The SMILES string of the molecule is COCOc1cc(O)cc(C[Se]c2ccccc2)c1C(=O)OC.COCOc1cc(OCC(F)(F)F)cc(C[Se]c2ccccc2)c1C(=O)OC. The number of hydrogen-bond donors (Lipinski definition) is 1. The van der Waals surface area contributed by atoms with Crippen molar-refractivity contribution in [1.29, 1.82) is 0 Å². The Kier molecular flexibility index (Phi) is 17.1. The maximum atomic E-state index is 12.5. The van der Waals surface area contributed by atoms with Crippen molar-refractivity contribution >= 4 is 50.8 Å². The van der Waals surface area contributed by atoms with Crippen LogP contribution in [0.3, 0.4) is 0 Å². The minimum absolute atomic E-state index is 0.0171. The quantitative estimate of drug-likeness (QED) is 0.0974. The number of carbonyl (C=O) groups excluding carboxylic acids is 2. The number of hydrogen-bond acceptors (Lipinski definition) is 10. The minimum atomic E-state index is -4.48. The fourth-order valence-corrected chi connectivity index (χ4v) is 8.05. The Hall–Kier alpha value is -4.23. The van der Waals surface area contributed by atoms with E-state index >= 15 is 0 Å². The third-order valence-electron chi connectivity index (χ3n) is 6.45. The molecule has 4 aromatic carbocycles. The molecule has 274 valence electrons. The van der Waals surface area contributed by atoms with Crippen molar-refractivity contribution in [2.75, 3.05) is 48.6 Å². The summed E-state index contributed by atoms with van der Waals surface area (Å²) >= 11 is 0.0571. The molecule has 0 fully saturated rings. The number of phenolic OH excluding ortho intramolecular Hbond substituents is 1. The summed E-state index contributed by atoms with van der Waals surface area (Å²) in [6.07, 6.45) is -4.48. The van der Waals surface area contributed by atoms with E-state index in [0.29, 0.717) is 27.3 Å². The van der Waals surface area contributed by atoms with Crippen molar-refractivity contribution in [2.24, 2.45) is 0 Å². The van der Waals surface area contributed by atoms with Gasteiger partial charge in [-0.3, -0.25) is 0 Å². The molecule has 4 aromatic rings. The number of rotatable bonds is 16. The van der Waals surface area contributed by atoms with Gasteiger partial charge in [0.15, 0.2) is 0 Å². The van der Waals surface area contributed by atoms with E-state index in [1.165, 1.54) is 51.1 Å². The van der Waals surface area contributed by atoms with Gasteiger partial charge in [-0.25, -0.2) is 0 Å². The van der Waals surface area contributed by atoms with E-state index in [0.717, 1.165) is 4.46 Å². The molecule has 10 nitrogen and oxygen atoms in total. The molecular formula is C36H37F3O10Se2. The van der Waals surface area contributed by atoms with Crippen molar-refractivity contribution < 1.29 is 61.0 Å². The second-order valence-electron chi connectivity index (χ2n) is 10.1. The summed E-state index contributed by atoms with van der Waals surface area (Å²) in [6.45, 7) is -1.65. The maximum absolute atomic E-state index is 12.5. The Morgan fingerprint density at radius 2 is 1.10 bits per heavy atom. The first-order chi connectivity index (χ1) is 24.5. The number of halogens is 3. The van der Waals surface area contributed by atoms with Crippen molar-refractivity contribution in [3.05, 3.63) is 107 Å². The van der Waals surface area contributed by atoms with E-state index < -0.39 is 24.7 Å². The van der Waals surface area contributed by atoms with Crippen LogP contribution in [0.1, 0.15) is 31.8 Å². The van der Waals surface area contributed by atoms with Crippen molar-refractivity contribution in [3.8, 4) is 23.0 Å². The van der Waals surface area contributed by atoms with Gasteiger partial charge in [0, 0.05) is 0 Å². The van der Waals surface area contributed by atoms with Crippen LogP contribution < -0.4 is 23.1 Å². The second kappa shape index (κ2) is 21.2. The fraction of sp³-hybridized carbons (Fsp3) is 0.278. The van der Waals surface area contributed by atoms with Crippen LogP contribution in [0.5, 0.6) is 23.0 Å². The van der Waals surface area contributed by atoms with Crippen LogP contribution in [0.2, 0.25) is 0 Å². The molecule has 0 saturated carbocycles. The summed E-state index contributed by atoms with van der Waals surface area (Å²) in [5.74, 6) is -0.829. The molecule has 0 aliphatic rings. The summed E-state index contributed by atoms with van der Waals surface area (Å²) in [6, 6.07) is 25.2. The summed E-state index contributed by atoms with van der Waals surface area (Å²) < 4.78 is 74.9. The monoisotopic (exact) mass is 846 g/mol. The molecular weight excluding hydrogens is 807 g/mol. The van der Waals surface area contributed by atoms with Gasteiger partial charge in [0.1, 0.15) is 0 Å². The number of esters is 2. The molecule has 1 N–H and O–H groups in total. The standard InChI is InChI=1S/C19H19F3O5Se.C17H18O5Se/c1-24-12-27-16-9-14(26-11-19(20,21)22)8-13(17(16)18(23)25-2)10-28-15-6-4-3-5-7-15;1-20-11-22-15-9-13(18)8-12(16(15)17(19)21-2)10-23-14-6-4-3-5-7-14/h3-9H,10-12H2,1-2H3;3-9,18H,10-11H2,1-2H3. The van der Waals surface area contributed by atoms with E-state index in [1.54, 1.807) is 6.07 Å². The summed E-state index contributed by atoms with van der Waals surface area (Å²) in [7, 11) is 5.42. The van der Waals surface area contributed by atoms with E-state index in [1.807, 2.05) is 60.7 Å². The van der Waals surface area contributed by atoms with Gasteiger partial charge in [-0.2, -0.15) is 0 Å². The van der Waals surface area contributed by atoms with Crippen molar-refractivity contribution in [1.82, 2.24) is 0 Å². The Balaban J connectivity index is 0.000000281. The first-order valence-corrected chi connectivity index (χ1v) is 19.1. The van der Waals surface area contributed by atoms with E-state index in [2.05, 4.69) is 0 Å². The van der Waals surface area contributed by atoms with Crippen LogP contribution in [0.25, 0.3) is 0 Å². The molecule has 0 bridgehead atoms. The van der Waals surface area contributed by atoms with Crippen LogP contribution in [0.15, 0.2) is 84.9 Å². The second-order valence-corrected chi connectivity index (χ2v) is 14.5. The van der Waals surface area contributed by atoms with Crippen LogP contribution in [-0.4, -0.2) is 102 Å². The third-order valence-corrected chi connectivity index (χ3v) is 10.9. The van der Waals surface area contributed by atoms with Gasteiger partial charge in [0.25, 0.3) is 0 Å². The molecule has 15 heteroatoms. The Labute approximate surface area is 306 Å². The summed E-state index contributed by atoms with van der Waals surface area (Å²) in [5, 5.41) is 11.0. The number of ether oxygens (including phenoxy) is 7. The average molecular weight is 845 g/mol. The van der Waals surface area contributed by atoms with Crippen molar-refractivity contribution in [2.45, 2.75) is 16.8 Å². The number of alkyl halides is 3. The zero-order valence-corrected chi connectivity index (χ0v) is 31.6. The number of methoxy groups -OCH3 is 4. The zero-order valence-electron chi connectivity index (χ0n) is 28.2. The molecule has 0 atom stereocenters.